The average Bonchev–Trinajstić information content (AvgIpc) is 2.71. The molecule has 1 aromatic rings. The highest BCUT2D eigenvalue weighted by atomic mass is 14.9. The maximum atomic E-state index is 3.41. The fourth-order valence-corrected chi connectivity index (χ4v) is 2.01. The Morgan fingerprint density at radius 3 is 3.08 bits per heavy atom. The summed E-state index contributed by atoms with van der Waals surface area (Å²) in [6, 6.07) is 9.02. The molecule has 1 aliphatic rings. The zero-order chi connectivity index (χ0) is 9.10. The number of aryl methyl sites for hydroxylation is 1. The third-order valence-electron chi connectivity index (χ3n) is 2.89. The van der Waals surface area contributed by atoms with E-state index >= 15 is 0 Å². The van der Waals surface area contributed by atoms with E-state index in [-0.39, 0.29) is 0 Å². The molecule has 0 saturated carbocycles. The lowest BCUT2D eigenvalue weighted by Crippen LogP contribution is -2.08. The van der Waals surface area contributed by atoms with E-state index in [0.717, 1.165) is 18.9 Å². The lowest BCUT2D eigenvalue weighted by Gasteiger charge is -2.09. The zero-order valence-electron chi connectivity index (χ0n) is 8.22. The molecule has 1 N–H and O–H groups in total. The van der Waals surface area contributed by atoms with E-state index in [9.17, 15) is 0 Å². The van der Waals surface area contributed by atoms with Crippen LogP contribution in [0.5, 0.6) is 0 Å². The summed E-state index contributed by atoms with van der Waals surface area (Å²) in [6.07, 6.45) is 2.45. The Balaban J connectivity index is 2.18. The largest absolute Gasteiger partial charge is 0.316 e. The van der Waals surface area contributed by atoms with E-state index in [1.807, 2.05) is 0 Å². The Kier molecular flexibility index (Phi) is 2.65. The number of hydrogen-bond donors (Lipinski definition) is 1. The van der Waals surface area contributed by atoms with Crippen LogP contribution in [0, 0.1) is 0 Å². The van der Waals surface area contributed by atoms with E-state index in [4.69, 9.17) is 0 Å². The van der Waals surface area contributed by atoms with Crippen molar-refractivity contribution in [2.75, 3.05) is 13.1 Å². The van der Waals surface area contributed by atoms with Crippen molar-refractivity contribution in [1.29, 1.82) is 0 Å². The summed E-state index contributed by atoms with van der Waals surface area (Å²) in [4.78, 5) is 0. The summed E-state index contributed by atoms with van der Waals surface area (Å²) >= 11 is 0. The molecule has 13 heavy (non-hydrogen) atoms. The summed E-state index contributed by atoms with van der Waals surface area (Å²) < 4.78 is 0. The Morgan fingerprint density at radius 2 is 2.38 bits per heavy atom. The first-order valence-corrected chi connectivity index (χ1v) is 5.19. The molecule has 0 aliphatic carbocycles. The first kappa shape index (κ1) is 8.76. The molecule has 1 aliphatic heterocycles. The lowest BCUT2D eigenvalue weighted by atomic mass is 9.96. The van der Waals surface area contributed by atoms with Crippen molar-refractivity contribution in [2.45, 2.75) is 25.7 Å². The molecule has 1 heteroatoms. The van der Waals surface area contributed by atoms with Crippen LogP contribution in [0.4, 0.5) is 0 Å². The van der Waals surface area contributed by atoms with Crippen LogP contribution >= 0.6 is 0 Å². The van der Waals surface area contributed by atoms with Crippen molar-refractivity contribution in [3.05, 3.63) is 35.4 Å². The molecular weight excluding hydrogens is 158 g/mol. The number of hydrogen-bond acceptors (Lipinski definition) is 1. The highest BCUT2D eigenvalue weighted by Gasteiger charge is 2.15. The lowest BCUT2D eigenvalue weighted by molar-refractivity contribution is 0.761. The minimum Gasteiger partial charge on any atom is -0.316 e. The van der Waals surface area contributed by atoms with Crippen LogP contribution in [-0.2, 0) is 6.42 Å². The van der Waals surface area contributed by atoms with Gasteiger partial charge in [0.1, 0.15) is 0 Å². The molecule has 0 aromatic heterocycles. The van der Waals surface area contributed by atoms with Gasteiger partial charge in [-0.3, -0.25) is 0 Å². The van der Waals surface area contributed by atoms with Crippen molar-refractivity contribution < 1.29 is 0 Å². The zero-order valence-corrected chi connectivity index (χ0v) is 8.22. The maximum absolute atomic E-state index is 3.41. The minimum absolute atomic E-state index is 0.756. The first-order valence-electron chi connectivity index (χ1n) is 5.19. The second-order valence-corrected chi connectivity index (χ2v) is 3.79. The molecule has 1 aromatic carbocycles. The van der Waals surface area contributed by atoms with E-state index in [2.05, 4.69) is 36.5 Å². The third-order valence-corrected chi connectivity index (χ3v) is 2.89. The number of rotatable bonds is 2. The molecule has 0 spiro atoms. The van der Waals surface area contributed by atoms with Crippen LogP contribution in [-0.4, -0.2) is 13.1 Å². The Hall–Kier alpha value is -0.820. The van der Waals surface area contributed by atoms with Gasteiger partial charge in [0.15, 0.2) is 0 Å². The minimum atomic E-state index is 0.756. The predicted octanol–water partition coefficient (Wildman–Crippen LogP) is 2.33. The van der Waals surface area contributed by atoms with Gasteiger partial charge in [0, 0.05) is 6.54 Å². The number of benzene rings is 1. The van der Waals surface area contributed by atoms with Gasteiger partial charge in [0.05, 0.1) is 0 Å². The van der Waals surface area contributed by atoms with Gasteiger partial charge in [-0.15, -0.1) is 0 Å². The van der Waals surface area contributed by atoms with Gasteiger partial charge in [-0.2, -0.15) is 0 Å². The summed E-state index contributed by atoms with van der Waals surface area (Å²) in [7, 11) is 0. The number of nitrogens with one attached hydrogen (secondary N) is 1. The van der Waals surface area contributed by atoms with E-state index < -0.39 is 0 Å². The molecule has 2 rings (SSSR count). The molecule has 1 heterocycles. The molecular formula is C12H17N. The summed E-state index contributed by atoms with van der Waals surface area (Å²) in [6.45, 7) is 4.56. The standard InChI is InChI=1S/C12H17N/c1-2-10-4-3-5-11(8-10)12-6-7-13-9-12/h3-5,8,12-13H,2,6-7,9H2,1H3. The van der Waals surface area contributed by atoms with Crippen molar-refractivity contribution in [3.8, 4) is 0 Å². The Morgan fingerprint density at radius 1 is 1.46 bits per heavy atom. The molecule has 1 atom stereocenters. The normalized spacial score (nSPS) is 22.1. The van der Waals surface area contributed by atoms with Gasteiger partial charge in [0.25, 0.3) is 0 Å². The second kappa shape index (κ2) is 3.93. The van der Waals surface area contributed by atoms with Gasteiger partial charge >= 0.3 is 0 Å². The van der Waals surface area contributed by atoms with Crippen LogP contribution in [0.2, 0.25) is 0 Å². The van der Waals surface area contributed by atoms with Crippen LogP contribution in [0.3, 0.4) is 0 Å². The van der Waals surface area contributed by atoms with Crippen molar-refractivity contribution in [1.82, 2.24) is 5.32 Å². The van der Waals surface area contributed by atoms with Gasteiger partial charge in [0.2, 0.25) is 0 Å². The fourth-order valence-electron chi connectivity index (χ4n) is 2.01. The van der Waals surface area contributed by atoms with Gasteiger partial charge in [-0.1, -0.05) is 31.2 Å². The second-order valence-electron chi connectivity index (χ2n) is 3.79. The van der Waals surface area contributed by atoms with Gasteiger partial charge in [-0.05, 0) is 36.4 Å². The summed E-state index contributed by atoms with van der Waals surface area (Å²) in [5.41, 5.74) is 2.98. The highest BCUT2D eigenvalue weighted by Crippen LogP contribution is 2.22. The van der Waals surface area contributed by atoms with E-state index in [1.165, 1.54) is 24.1 Å². The predicted molar refractivity (Wildman–Crippen MR) is 56.0 cm³/mol. The molecule has 70 valence electrons. The third kappa shape index (κ3) is 1.92. The molecule has 1 fully saturated rings. The van der Waals surface area contributed by atoms with Crippen LogP contribution < -0.4 is 5.32 Å². The average molecular weight is 175 g/mol. The smallest absolute Gasteiger partial charge is 0.00206 e. The van der Waals surface area contributed by atoms with Crippen molar-refractivity contribution in [2.24, 2.45) is 0 Å². The molecule has 0 radical (unpaired) electrons. The van der Waals surface area contributed by atoms with Crippen molar-refractivity contribution in [3.63, 3.8) is 0 Å². The highest BCUT2D eigenvalue weighted by molar-refractivity contribution is 5.27. The topological polar surface area (TPSA) is 12.0 Å². The quantitative estimate of drug-likeness (QED) is 0.727. The van der Waals surface area contributed by atoms with Crippen molar-refractivity contribution >= 4 is 0 Å². The van der Waals surface area contributed by atoms with Crippen LogP contribution in [0.15, 0.2) is 24.3 Å². The monoisotopic (exact) mass is 175 g/mol. The molecule has 0 amide bonds. The molecule has 1 saturated heterocycles. The summed E-state index contributed by atoms with van der Waals surface area (Å²) in [5, 5.41) is 3.41. The Bertz CT molecular complexity index is 274. The SMILES string of the molecule is CCc1cccc(C2CCNC2)c1. The van der Waals surface area contributed by atoms with Crippen LogP contribution in [0.25, 0.3) is 0 Å². The van der Waals surface area contributed by atoms with Crippen LogP contribution in [0.1, 0.15) is 30.4 Å². The maximum Gasteiger partial charge on any atom is 0.00206 e. The molecule has 0 bridgehead atoms. The Labute approximate surface area is 80.2 Å². The first-order chi connectivity index (χ1) is 6.40. The summed E-state index contributed by atoms with van der Waals surface area (Å²) in [5.74, 6) is 0.756. The molecule has 1 nitrogen and oxygen atoms in total. The van der Waals surface area contributed by atoms with Gasteiger partial charge < -0.3 is 5.32 Å². The van der Waals surface area contributed by atoms with E-state index in [1.54, 1.807) is 0 Å². The fraction of sp³-hybridized carbons (Fsp3) is 0.500. The molecule has 1 unspecified atom stereocenters. The van der Waals surface area contributed by atoms with E-state index in [0.29, 0.717) is 0 Å². The van der Waals surface area contributed by atoms with Gasteiger partial charge in [-0.25, -0.2) is 0 Å².